The second-order valence-corrected chi connectivity index (χ2v) is 4.44. The molecule has 108 valence electrons. The SMILES string of the molecule is CNC(=O)NC(=O)[C@@H](C)OC(=O)Cc1ccc(Cl)cc1. The maximum atomic E-state index is 11.6. The Labute approximate surface area is 121 Å². The quantitative estimate of drug-likeness (QED) is 0.820. The molecule has 7 heteroatoms. The van der Waals surface area contributed by atoms with Gasteiger partial charge in [-0.1, -0.05) is 23.7 Å². The number of amides is 3. The van der Waals surface area contributed by atoms with Crippen molar-refractivity contribution in [1.29, 1.82) is 0 Å². The molecule has 20 heavy (non-hydrogen) atoms. The highest BCUT2D eigenvalue weighted by Gasteiger charge is 2.19. The summed E-state index contributed by atoms with van der Waals surface area (Å²) in [5.41, 5.74) is 0.721. The maximum absolute atomic E-state index is 11.6. The number of benzene rings is 1. The summed E-state index contributed by atoms with van der Waals surface area (Å²) in [6.45, 7) is 1.39. The third-order valence-electron chi connectivity index (χ3n) is 2.40. The number of halogens is 1. The Bertz CT molecular complexity index is 502. The molecule has 0 aromatic heterocycles. The third-order valence-corrected chi connectivity index (χ3v) is 2.65. The summed E-state index contributed by atoms with van der Waals surface area (Å²) in [7, 11) is 1.37. The van der Waals surface area contributed by atoms with E-state index in [1.54, 1.807) is 24.3 Å². The fourth-order valence-electron chi connectivity index (χ4n) is 1.34. The Kier molecular flexibility index (Phi) is 5.99. The number of carbonyl (C=O) groups excluding carboxylic acids is 3. The van der Waals surface area contributed by atoms with Crippen molar-refractivity contribution in [3.63, 3.8) is 0 Å². The van der Waals surface area contributed by atoms with Crippen LogP contribution in [0.25, 0.3) is 0 Å². The van der Waals surface area contributed by atoms with Crippen LogP contribution in [0.5, 0.6) is 0 Å². The van der Waals surface area contributed by atoms with Crippen molar-refractivity contribution in [3.05, 3.63) is 34.9 Å². The first-order chi connectivity index (χ1) is 9.42. The van der Waals surface area contributed by atoms with Gasteiger partial charge in [-0.15, -0.1) is 0 Å². The van der Waals surface area contributed by atoms with E-state index < -0.39 is 24.0 Å². The molecule has 0 saturated carbocycles. The van der Waals surface area contributed by atoms with Gasteiger partial charge in [0.15, 0.2) is 6.10 Å². The number of nitrogens with one attached hydrogen (secondary N) is 2. The van der Waals surface area contributed by atoms with Crippen LogP contribution in [0.4, 0.5) is 4.79 Å². The van der Waals surface area contributed by atoms with Gasteiger partial charge in [-0.2, -0.15) is 0 Å². The van der Waals surface area contributed by atoms with Crippen LogP contribution in [-0.2, 0) is 20.7 Å². The molecule has 0 radical (unpaired) electrons. The molecule has 0 aliphatic carbocycles. The van der Waals surface area contributed by atoms with Gasteiger partial charge >= 0.3 is 12.0 Å². The average molecular weight is 299 g/mol. The molecule has 0 saturated heterocycles. The van der Waals surface area contributed by atoms with Crippen LogP contribution in [0.3, 0.4) is 0 Å². The minimum absolute atomic E-state index is 0.0226. The smallest absolute Gasteiger partial charge is 0.321 e. The molecule has 0 spiro atoms. The zero-order valence-corrected chi connectivity index (χ0v) is 11.9. The first-order valence-corrected chi connectivity index (χ1v) is 6.26. The Morgan fingerprint density at radius 2 is 1.85 bits per heavy atom. The summed E-state index contributed by atoms with van der Waals surface area (Å²) in [5.74, 6) is -1.25. The second kappa shape index (κ2) is 7.49. The maximum Gasteiger partial charge on any atom is 0.321 e. The van der Waals surface area contributed by atoms with Gasteiger partial charge in [0.2, 0.25) is 0 Å². The molecule has 0 aliphatic heterocycles. The standard InChI is InChI=1S/C13H15ClN2O4/c1-8(12(18)16-13(19)15-2)20-11(17)7-9-3-5-10(14)6-4-9/h3-6,8H,7H2,1-2H3,(H2,15,16,18,19)/t8-/m1/s1. The molecule has 1 aromatic rings. The average Bonchev–Trinajstić information content (AvgIpc) is 2.41. The normalized spacial score (nSPS) is 11.3. The summed E-state index contributed by atoms with van der Waals surface area (Å²) in [5, 5.41) is 4.82. The van der Waals surface area contributed by atoms with Crippen molar-refractivity contribution < 1.29 is 19.1 Å². The molecule has 1 atom stereocenters. The Hall–Kier alpha value is -2.08. The summed E-state index contributed by atoms with van der Waals surface area (Å²) in [6.07, 6.45) is -1.03. The number of imide groups is 1. The van der Waals surface area contributed by atoms with Gasteiger partial charge in [0.05, 0.1) is 6.42 Å². The monoisotopic (exact) mass is 298 g/mol. The van der Waals surface area contributed by atoms with Crippen molar-refractivity contribution >= 4 is 29.5 Å². The highest BCUT2D eigenvalue weighted by atomic mass is 35.5. The molecule has 0 fully saturated rings. The number of carbonyl (C=O) groups is 3. The Balaban J connectivity index is 2.47. The lowest BCUT2D eigenvalue weighted by Gasteiger charge is -2.12. The first kappa shape index (κ1) is 16.0. The minimum Gasteiger partial charge on any atom is -0.452 e. The molecule has 1 aromatic carbocycles. The number of hydrogen-bond acceptors (Lipinski definition) is 4. The van der Waals surface area contributed by atoms with Gasteiger partial charge in [0, 0.05) is 12.1 Å². The predicted octanol–water partition coefficient (Wildman–Crippen LogP) is 1.27. The van der Waals surface area contributed by atoms with Crippen molar-refractivity contribution in [3.8, 4) is 0 Å². The lowest BCUT2D eigenvalue weighted by Crippen LogP contribution is -2.43. The fraction of sp³-hybridized carbons (Fsp3) is 0.308. The first-order valence-electron chi connectivity index (χ1n) is 5.89. The molecular weight excluding hydrogens is 284 g/mol. The summed E-state index contributed by atoms with van der Waals surface area (Å²) in [4.78, 5) is 34.0. The van der Waals surface area contributed by atoms with Gasteiger partial charge in [-0.05, 0) is 24.6 Å². The molecule has 0 unspecified atom stereocenters. The number of ether oxygens (including phenoxy) is 1. The van der Waals surface area contributed by atoms with Crippen LogP contribution in [-0.4, -0.2) is 31.1 Å². The topological polar surface area (TPSA) is 84.5 Å². The van der Waals surface area contributed by atoms with Crippen LogP contribution in [0, 0.1) is 0 Å². The third kappa shape index (κ3) is 5.27. The lowest BCUT2D eigenvalue weighted by atomic mass is 10.1. The van der Waals surface area contributed by atoms with Gasteiger partial charge in [-0.25, -0.2) is 4.79 Å². The summed E-state index contributed by atoms with van der Waals surface area (Å²) in [6, 6.07) is 6.05. The van der Waals surface area contributed by atoms with E-state index in [4.69, 9.17) is 16.3 Å². The molecule has 1 rings (SSSR count). The number of urea groups is 1. The zero-order valence-electron chi connectivity index (χ0n) is 11.1. The van der Waals surface area contributed by atoms with Crippen molar-refractivity contribution in [2.45, 2.75) is 19.4 Å². The lowest BCUT2D eigenvalue weighted by molar-refractivity contribution is -0.153. The highest BCUT2D eigenvalue weighted by molar-refractivity contribution is 6.30. The van der Waals surface area contributed by atoms with E-state index in [1.165, 1.54) is 14.0 Å². The van der Waals surface area contributed by atoms with E-state index in [0.29, 0.717) is 5.02 Å². The Morgan fingerprint density at radius 3 is 2.40 bits per heavy atom. The van der Waals surface area contributed by atoms with Crippen LogP contribution >= 0.6 is 11.6 Å². The van der Waals surface area contributed by atoms with E-state index >= 15 is 0 Å². The molecule has 0 bridgehead atoms. The zero-order chi connectivity index (χ0) is 15.1. The van der Waals surface area contributed by atoms with Gasteiger partial charge in [0.1, 0.15) is 0 Å². The van der Waals surface area contributed by atoms with E-state index in [-0.39, 0.29) is 6.42 Å². The minimum atomic E-state index is -1.05. The van der Waals surface area contributed by atoms with Gasteiger partial charge in [0.25, 0.3) is 5.91 Å². The predicted molar refractivity (Wildman–Crippen MR) is 73.3 cm³/mol. The van der Waals surface area contributed by atoms with Crippen molar-refractivity contribution in [1.82, 2.24) is 10.6 Å². The number of hydrogen-bond donors (Lipinski definition) is 2. The van der Waals surface area contributed by atoms with E-state index in [2.05, 4.69) is 5.32 Å². The van der Waals surface area contributed by atoms with Crippen LogP contribution < -0.4 is 10.6 Å². The van der Waals surface area contributed by atoms with E-state index in [9.17, 15) is 14.4 Å². The van der Waals surface area contributed by atoms with E-state index in [0.717, 1.165) is 5.56 Å². The highest BCUT2D eigenvalue weighted by Crippen LogP contribution is 2.10. The second-order valence-electron chi connectivity index (χ2n) is 4.00. The molecule has 0 heterocycles. The summed E-state index contributed by atoms with van der Waals surface area (Å²) < 4.78 is 4.93. The van der Waals surface area contributed by atoms with Crippen molar-refractivity contribution in [2.24, 2.45) is 0 Å². The largest absolute Gasteiger partial charge is 0.452 e. The molecule has 2 N–H and O–H groups in total. The van der Waals surface area contributed by atoms with Crippen LogP contribution in [0.1, 0.15) is 12.5 Å². The molecular formula is C13H15ClN2O4. The fourth-order valence-corrected chi connectivity index (χ4v) is 1.46. The molecule has 6 nitrogen and oxygen atoms in total. The van der Waals surface area contributed by atoms with Crippen LogP contribution in [0.15, 0.2) is 24.3 Å². The summed E-state index contributed by atoms with van der Waals surface area (Å²) >= 11 is 5.73. The number of esters is 1. The van der Waals surface area contributed by atoms with Crippen LogP contribution in [0.2, 0.25) is 5.02 Å². The van der Waals surface area contributed by atoms with Gasteiger partial charge in [-0.3, -0.25) is 14.9 Å². The van der Waals surface area contributed by atoms with E-state index in [1.807, 2.05) is 5.32 Å². The Morgan fingerprint density at radius 1 is 1.25 bits per heavy atom. The molecule has 0 aliphatic rings. The van der Waals surface area contributed by atoms with Gasteiger partial charge < -0.3 is 10.1 Å². The van der Waals surface area contributed by atoms with Crippen molar-refractivity contribution in [2.75, 3.05) is 7.05 Å². The molecule has 3 amide bonds. The number of rotatable bonds is 4.